The van der Waals surface area contributed by atoms with E-state index in [0.29, 0.717) is 35.8 Å². The molecule has 0 heterocycles. The Morgan fingerprint density at radius 1 is 1.04 bits per heavy atom. The zero-order valence-corrected chi connectivity index (χ0v) is 15.4. The van der Waals surface area contributed by atoms with Crippen molar-refractivity contribution >= 4 is 34.7 Å². The quantitative estimate of drug-likeness (QED) is 0.442. The van der Waals surface area contributed by atoms with Gasteiger partial charge in [0.15, 0.2) is 10.9 Å². The van der Waals surface area contributed by atoms with Crippen LogP contribution >= 0.6 is 12.2 Å². The number of hydrogen-bond donors (Lipinski definition) is 2. The molecule has 0 atom stereocenters. The van der Waals surface area contributed by atoms with Gasteiger partial charge in [-0.05, 0) is 55.5 Å². The van der Waals surface area contributed by atoms with E-state index in [4.69, 9.17) is 21.7 Å². The summed E-state index contributed by atoms with van der Waals surface area (Å²) in [5.74, 6) is 0.269. The Balaban J connectivity index is 1.91. The third-order valence-electron chi connectivity index (χ3n) is 3.43. The second-order valence-electron chi connectivity index (χ2n) is 5.41. The van der Waals surface area contributed by atoms with Crippen molar-refractivity contribution in [2.24, 2.45) is 0 Å². The number of thiocarbonyl (C=S) groups is 1. The largest absolute Gasteiger partial charge is 0.491 e. The van der Waals surface area contributed by atoms with E-state index < -0.39 is 0 Å². The molecule has 0 aliphatic rings. The molecule has 6 nitrogen and oxygen atoms in total. The van der Waals surface area contributed by atoms with E-state index in [1.807, 2.05) is 0 Å². The Labute approximate surface area is 157 Å². The van der Waals surface area contributed by atoms with Gasteiger partial charge in [-0.2, -0.15) is 0 Å². The lowest BCUT2D eigenvalue weighted by atomic mass is 10.1. The van der Waals surface area contributed by atoms with Crippen molar-refractivity contribution in [3.05, 3.63) is 59.7 Å². The molecule has 0 radical (unpaired) electrons. The van der Waals surface area contributed by atoms with Gasteiger partial charge in [-0.1, -0.05) is 12.1 Å². The van der Waals surface area contributed by atoms with E-state index in [-0.39, 0.29) is 16.8 Å². The van der Waals surface area contributed by atoms with Gasteiger partial charge in [0, 0.05) is 23.9 Å². The number of amides is 1. The zero-order chi connectivity index (χ0) is 18.9. The Morgan fingerprint density at radius 3 is 2.42 bits per heavy atom. The van der Waals surface area contributed by atoms with Gasteiger partial charge in [-0.25, -0.2) is 0 Å². The van der Waals surface area contributed by atoms with Crippen LogP contribution < -0.4 is 15.4 Å². The average Bonchev–Trinajstić information content (AvgIpc) is 2.62. The van der Waals surface area contributed by atoms with E-state index in [1.165, 1.54) is 6.92 Å². The Bertz CT molecular complexity index is 790. The summed E-state index contributed by atoms with van der Waals surface area (Å²) in [7, 11) is 1.60. The maximum absolute atomic E-state index is 12.2. The predicted octanol–water partition coefficient (Wildman–Crippen LogP) is 3.04. The first kappa shape index (κ1) is 19.6. The predicted molar refractivity (Wildman–Crippen MR) is 104 cm³/mol. The molecule has 0 fully saturated rings. The summed E-state index contributed by atoms with van der Waals surface area (Å²) in [6.07, 6.45) is 0. The number of carbonyl (C=O) groups is 2. The first-order valence-electron chi connectivity index (χ1n) is 7.94. The number of ketones is 1. The fourth-order valence-electron chi connectivity index (χ4n) is 2.10. The maximum Gasteiger partial charge on any atom is 0.257 e. The molecular weight excluding hydrogens is 352 g/mol. The average molecular weight is 372 g/mol. The van der Waals surface area contributed by atoms with Crippen molar-refractivity contribution in [2.45, 2.75) is 6.92 Å². The van der Waals surface area contributed by atoms with Crippen molar-refractivity contribution in [1.29, 1.82) is 0 Å². The number of carbonyl (C=O) groups excluding carboxylic acids is 2. The minimum atomic E-state index is -0.339. The molecule has 1 amide bonds. The SMILES string of the molecule is COCCOc1ccc(C(=O)NC(=S)Nc2cccc(C(C)=O)c2)cc1. The second kappa shape index (κ2) is 9.65. The highest BCUT2D eigenvalue weighted by Crippen LogP contribution is 2.13. The molecule has 2 aromatic carbocycles. The molecule has 0 aromatic heterocycles. The lowest BCUT2D eigenvalue weighted by molar-refractivity contribution is 0.0975. The summed E-state index contributed by atoms with van der Waals surface area (Å²) in [5.41, 5.74) is 1.64. The smallest absolute Gasteiger partial charge is 0.257 e. The highest BCUT2D eigenvalue weighted by molar-refractivity contribution is 7.80. The van der Waals surface area contributed by atoms with E-state index in [1.54, 1.807) is 55.6 Å². The molecular formula is C19H20N2O4S. The second-order valence-corrected chi connectivity index (χ2v) is 5.82. The Kier molecular flexibility index (Phi) is 7.25. The molecule has 2 N–H and O–H groups in total. The number of hydrogen-bond acceptors (Lipinski definition) is 5. The van der Waals surface area contributed by atoms with Gasteiger partial charge in [0.25, 0.3) is 5.91 Å². The summed E-state index contributed by atoms with van der Waals surface area (Å²) in [6.45, 7) is 2.42. The standard InChI is InChI=1S/C19H20N2O4S/c1-13(22)15-4-3-5-16(12-15)20-19(26)21-18(23)14-6-8-17(9-7-14)25-11-10-24-2/h3-9,12H,10-11H2,1-2H3,(H2,20,21,23,26). The number of methoxy groups -OCH3 is 1. The van der Waals surface area contributed by atoms with Crippen molar-refractivity contribution in [3.63, 3.8) is 0 Å². The molecule has 26 heavy (non-hydrogen) atoms. The first-order chi connectivity index (χ1) is 12.5. The van der Waals surface area contributed by atoms with E-state index in [9.17, 15) is 9.59 Å². The van der Waals surface area contributed by atoms with Crippen LogP contribution in [0.2, 0.25) is 0 Å². The monoisotopic (exact) mass is 372 g/mol. The highest BCUT2D eigenvalue weighted by atomic mass is 32.1. The Hall–Kier alpha value is -2.77. The fourth-order valence-corrected chi connectivity index (χ4v) is 2.31. The van der Waals surface area contributed by atoms with Crippen LogP contribution in [-0.4, -0.2) is 37.1 Å². The van der Waals surface area contributed by atoms with Gasteiger partial charge >= 0.3 is 0 Å². The van der Waals surface area contributed by atoms with Crippen LogP contribution in [0.1, 0.15) is 27.6 Å². The van der Waals surface area contributed by atoms with Crippen molar-refractivity contribution in [3.8, 4) is 5.75 Å². The molecule has 0 bridgehead atoms. The van der Waals surface area contributed by atoms with Crippen molar-refractivity contribution < 1.29 is 19.1 Å². The molecule has 2 aromatic rings. The molecule has 0 aliphatic heterocycles. The van der Waals surface area contributed by atoms with Crippen LogP contribution in [0.5, 0.6) is 5.75 Å². The van der Waals surface area contributed by atoms with Gasteiger partial charge in [-0.3, -0.25) is 14.9 Å². The van der Waals surface area contributed by atoms with Crippen molar-refractivity contribution in [1.82, 2.24) is 5.32 Å². The zero-order valence-electron chi connectivity index (χ0n) is 14.6. The molecule has 2 rings (SSSR count). The minimum Gasteiger partial charge on any atom is -0.491 e. The van der Waals surface area contributed by atoms with Crippen LogP contribution in [0.15, 0.2) is 48.5 Å². The molecule has 136 valence electrons. The Morgan fingerprint density at radius 2 is 1.77 bits per heavy atom. The molecule has 7 heteroatoms. The molecule has 0 unspecified atom stereocenters. The molecule has 0 spiro atoms. The number of Topliss-reactive ketones (excluding diaryl/α,β-unsaturated/α-hetero) is 1. The van der Waals surface area contributed by atoms with Gasteiger partial charge in [0.2, 0.25) is 0 Å². The summed E-state index contributed by atoms with van der Waals surface area (Å²) in [4.78, 5) is 23.6. The van der Waals surface area contributed by atoms with E-state index in [2.05, 4.69) is 10.6 Å². The van der Waals surface area contributed by atoms with E-state index in [0.717, 1.165) is 0 Å². The lowest BCUT2D eigenvalue weighted by Gasteiger charge is -2.11. The molecule has 0 aliphatic carbocycles. The summed E-state index contributed by atoms with van der Waals surface area (Å²) in [6, 6.07) is 13.6. The third-order valence-corrected chi connectivity index (χ3v) is 3.63. The number of benzene rings is 2. The summed E-state index contributed by atoms with van der Waals surface area (Å²) < 4.78 is 10.4. The van der Waals surface area contributed by atoms with Crippen LogP contribution in [0.4, 0.5) is 5.69 Å². The first-order valence-corrected chi connectivity index (χ1v) is 8.35. The number of ether oxygens (including phenoxy) is 2. The highest BCUT2D eigenvalue weighted by Gasteiger charge is 2.09. The minimum absolute atomic E-state index is 0.0450. The third kappa shape index (κ3) is 5.94. The lowest BCUT2D eigenvalue weighted by Crippen LogP contribution is -2.34. The van der Waals surface area contributed by atoms with Gasteiger partial charge in [-0.15, -0.1) is 0 Å². The van der Waals surface area contributed by atoms with Crippen LogP contribution in [0.25, 0.3) is 0 Å². The van der Waals surface area contributed by atoms with E-state index >= 15 is 0 Å². The number of nitrogens with one attached hydrogen (secondary N) is 2. The number of anilines is 1. The van der Waals surface area contributed by atoms with Crippen molar-refractivity contribution in [2.75, 3.05) is 25.6 Å². The van der Waals surface area contributed by atoms with Crippen LogP contribution in [0, 0.1) is 0 Å². The summed E-state index contributed by atoms with van der Waals surface area (Å²) >= 11 is 5.15. The van der Waals surface area contributed by atoms with Gasteiger partial charge in [0.1, 0.15) is 12.4 Å². The van der Waals surface area contributed by atoms with Crippen LogP contribution in [-0.2, 0) is 4.74 Å². The van der Waals surface area contributed by atoms with Crippen LogP contribution in [0.3, 0.4) is 0 Å². The topological polar surface area (TPSA) is 76.7 Å². The molecule has 0 saturated carbocycles. The molecule has 0 saturated heterocycles. The fraction of sp³-hybridized carbons (Fsp3) is 0.211. The summed E-state index contributed by atoms with van der Waals surface area (Å²) in [5, 5.41) is 5.64. The van der Waals surface area contributed by atoms with Gasteiger partial charge < -0.3 is 14.8 Å². The van der Waals surface area contributed by atoms with Gasteiger partial charge in [0.05, 0.1) is 6.61 Å². The number of rotatable bonds is 7. The normalized spacial score (nSPS) is 10.1. The maximum atomic E-state index is 12.2.